The van der Waals surface area contributed by atoms with Crippen LogP contribution < -0.4 is 16.3 Å². The molecule has 0 aliphatic rings. The monoisotopic (exact) mass is 465 g/mol. The van der Waals surface area contributed by atoms with Crippen LogP contribution in [0.1, 0.15) is 44.3 Å². The normalized spacial score (nSPS) is 12.3. The van der Waals surface area contributed by atoms with Gasteiger partial charge < -0.3 is 16.3 Å². The van der Waals surface area contributed by atoms with Crippen molar-refractivity contribution in [2.24, 2.45) is 15.9 Å². The molecule has 9 heteroatoms. The highest BCUT2D eigenvalue weighted by atomic mass is 35.5. The predicted octanol–water partition coefficient (Wildman–Crippen LogP) is 4.40. The van der Waals surface area contributed by atoms with Crippen LogP contribution in [-0.4, -0.2) is 34.0 Å². The second kappa shape index (κ2) is 10.4. The van der Waals surface area contributed by atoms with Crippen LogP contribution in [0.15, 0.2) is 52.6 Å². The van der Waals surface area contributed by atoms with Gasteiger partial charge in [0.15, 0.2) is 0 Å². The molecular formula is C24H28ClN7O. The Morgan fingerprint density at radius 3 is 2.61 bits per heavy atom. The maximum absolute atomic E-state index is 6.25. The van der Waals surface area contributed by atoms with Crippen LogP contribution in [0.4, 0.5) is 5.95 Å². The lowest BCUT2D eigenvalue weighted by Gasteiger charge is -2.22. The largest absolute Gasteiger partial charge is 0.494 e. The molecule has 33 heavy (non-hydrogen) atoms. The first-order valence-electron chi connectivity index (χ1n) is 10.5. The van der Waals surface area contributed by atoms with Crippen LogP contribution in [0, 0.1) is 0 Å². The average Bonchev–Trinajstić information content (AvgIpc) is 2.81. The van der Waals surface area contributed by atoms with Crippen LogP contribution in [0.5, 0.6) is 5.75 Å². The lowest BCUT2D eigenvalue weighted by Crippen LogP contribution is -2.18. The average molecular weight is 466 g/mol. The number of nitrogen functional groups attached to an aromatic ring is 1. The lowest BCUT2D eigenvalue weighted by atomic mass is 9.86. The minimum Gasteiger partial charge on any atom is -0.494 e. The van der Waals surface area contributed by atoms with E-state index in [0.717, 1.165) is 17.8 Å². The molecule has 172 valence electrons. The van der Waals surface area contributed by atoms with Gasteiger partial charge in [-0.3, -0.25) is 9.98 Å². The topological polar surface area (TPSA) is 125 Å². The number of ether oxygens (including phenoxy) is 1. The summed E-state index contributed by atoms with van der Waals surface area (Å²) in [6.07, 6.45) is 2.55. The molecule has 4 N–H and O–H groups in total. The number of hydrazone groups is 1. The minimum atomic E-state index is -0.000120. The number of anilines is 1. The Labute approximate surface area is 198 Å². The van der Waals surface area contributed by atoms with E-state index in [9.17, 15) is 0 Å². The third kappa shape index (κ3) is 5.64. The number of aliphatic imine (C=N–C) groups is 1. The van der Waals surface area contributed by atoms with Gasteiger partial charge >= 0.3 is 0 Å². The van der Waals surface area contributed by atoms with E-state index < -0.39 is 0 Å². The van der Waals surface area contributed by atoms with Gasteiger partial charge in [-0.2, -0.15) is 5.10 Å². The van der Waals surface area contributed by atoms with Gasteiger partial charge in [0, 0.05) is 16.7 Å². The molecule has 0 aliphatic carbocycles. The molecule has 0 atom stereocenters. The molecule has 0 saturated heterocycles. The predicted molar refractivity (Wildman–Crippen MR) is 134 cm³/mol. The number of aromatic nitrogens is 3. The summed E-state index contributed by atoms with van der Waals surface area (Å²) < 4.78 is 5.43. The number of rotatable bonds is 8. The van der Waals surface area contributed by atoms with Crippen LogP contribution in [0.2, 0.25) is 5.02 Å². The quantitative estimate of drug-likeness (QED) is 0.288. The summed E-state index contributed by atoms with van der Waals surface area (Å²) in [5, 5.41) is 4.30. The number of hydrogen-bond acceptors (Lipinski definition) is 8. The van der Waals surface area contributed by atoms with E-state index >= 15 is 0 Å². The summed E-state index contributed by atoms with van der Waals surface area (Å²) in [5.74, 6) is 6.19. The highest BCUT2D eigenvalue weighted by Crippen LogP contribution is 2.35. The Balaban J connectivity index is 1.87. The second-order valence-corrected chi connectivity index (χ2v) is 8.46. The van der Waals surface area contributed by atoms with Crippen molar-refractivity contribution in [3.63, 3.8) is 0 Å². The van der Waals surface area contributed by atoms with Crippen molar-refractivity contribution in [1.82, 2.24) is 15.0 Å². The van der Waals surface area contributed by atoms with E-state index in [2.05, 4.69) is 40.8 Å². The van der Waals surface area contributed by atoms with Gasteiger partial charge in [0.05, 0.1) is 42.0 Å². The molecule has 0 spiro atoms. The molecule has 2 aromatic heterocycles. The van der Waals surface area contributed by atoms with Crippen molar-refractivity contribution < 1.29 is 4.74 Å². The number of nitrogens with zero attached hydrogens (tertiary/aromatic N) is 5. The zero-order valence-electron chi connectivity index (χ0n) is 19.2. The summed E-state index contributed by atoms with van der Waals surface area (Å²) in [6, 6.07) is 13.1. The third-order valence-electron chi connectivity index (χ3n) is 5.44. The molecule has 3 rings (SSSR count). The zero-order valence-corrected chi connectivity index (χ0v) is 20.0. The summed E-state index contributed by atoms with van der Waals surface area (Å²) in [5.41, 5.74) is 9.85. The number of hydrogen-bond donors (Lipinski definition) is 2. The SMILES string of the molecule is CCC(C)(C)c1cccc(CN=C/C(=N\N)c2cc(-c3cccc(Cl)c3OC)nc(N)n2)n1. The summed E-state index contributed by atoms with van der Waals surface area (Å²) in [7, 11) is 1.54. The second-order valence-electron chi connectivity index (χ2n) is 8.05. The van der Waals surface area contributed by atoms with Gasteiger partial charge in [0.2, 0.25) is 5.95 Å². The first-order chi connectivity index (χ1) is 15.8. The van der Waals surface area contributed by atoms with Gasteiger partial charge in [0.25, 0.3) is 0 Å². The van der Waals surface area contributed by atoms with E-state index in [0.29, 0.717) is 40.0 Å². The Morgan fingerprint density at radius 1 is 1.15 bits per heavy atom. The molecule has 1 aromatic carbocycles. The van der Waals surface area contributed by atoms with Gasteiger partial charge in [-0.1, -0.05) is 44.5 Å². The Morgan fingerprint density at radius 2 is 1.91 bits per heavy atom. The van der Waals surface area contributed by atoms with Gasteiger partial charge in [-0.15, -0.1) is 0 Å². The Bertz CT molecular complexity index is 1190. The highest BCUT2D eigenvalue weighted by Gasteiger charge is 2.19. The van der Waals surface area contributed by atoms with Crippen molar-refractivity contribution in [3.8, 4) is 17.0 Å². The molecule has 0 radical (unpaired) electrons. The maximum atomic E-state index is 6.25. The highest BCUT2D eigenvalue weighted by molar-refractivity contribution is 6.37. The Hall–Kier alpha value is -3.52. The number of nitrogens with two attached hydrogens (primary N) is 2. The molecule has 8 nitrogen and oxygen atoms in total. The minimum absolute atomic E-state index is 0.000120. The molecular weight excluding hydrogens is 438 g/mol. The molecule has 0 aliphatic heterocycles. The van der Waals surface area contributed by atoms with Crippen molar-refractivity contribution in [1.29, 1.82) is 0 Å². The van der Waals surface area contributed by atoms with Crippen molar-refractivity contribution in [3.05, 3.63) is 64.6 Å². The molecule has 0 saturated carbocycles. The smallest absolute Gasteiger partial charge is 0.221 e. The number of methoxy groups -OCH3 is 1. The zero-order chi connectivity index (χ0) is 24.0. The van der Waals surface area contributed by atoms with E-state index in [1.807, 2.05) is 24.3 Å². The number of pyridine rings is 1. The first-order valence-corrected chi connectivity index (χ1v) is 10.9. The molecule has 0 amide bonds. The fourth-order valence-electron chi connectivity index (χ4n) is 3.17. The summed E-state index contributed by atoms with van der Waals surface area (Å²) >= 11 is 6.25. The first kappa shape index (κ1) is 24.1. The van der Waals surface area contributed by atoms with Gasteiger partial charge in [0.1, 0.15) is 11.5 Å². The van der Waals surface area contributed by atoms with Gasteiger partial charge in [-0.25, -0.2) is 9.97 Å². The fraction of sp³-hybridized carbons (Fsp3) is 0.292. The molecule has 3 aromatic rings. The third-order valence-corrected chi connectivity index (χ3v) is 5.74. The standard InChI is InChI=1S/C24H28ClN7O/c1-5-24(2,3)21-11-6-8-15(29-21)13-28-14-20(32-27)19-12-18(30-23(26)31-19)16-9-7-10-17(25)22(16)33-4/h6-12,14H,5,13,27H2,1-4H3,(H2,26,30,31)/b28-14?,32-20+. The summed E-state index contributed by atoms with van der Waals surface area (Å²) in [6.45, 7) is 6.88. The summed E-state index contributed by atoms with van der Waals surface area (Å²) in [4.78, 5) is 17.8. The van der Waals surface area contributed by atoms with Crippen molar-refractivity contribution >= 4 is 29.5 Å². The molecule has 0 bridgehead atoms. The molecule has 0 unspecified atom stereocenters. The number of benzene rings is 1. The van der Waals surface area contributed by atoms with Crippen LogP contribution >= 0.6 is 11.6 Å². The van der Waals surface area contributed by atoms with E-state index in [1.165, 1.54) is 0 Å². The fourth-order valence-corrected chi connectivity index (χ4v) is 3.42. The maximum Gasteiger partial charge on any atom is 0.221 e. The number of para-hydroxylation sites is 1. The lowest BCUT2D eigenvalue weighted by molar-refractivity contribution is 0.416. The molecule has 2 heterocycles. The van der Waals surface area contributed by atoms with Crippen molar-refractivity contribution in [2.45, 2.75) is 39.2 Å². The van der Waals surface area contributed by atoms with Crippen LogP contribution in [0.3, 0.4) is 0 Å². The van der Waals surface area contributed by atoms with E-state index in [1.54, 1.807) is 31.5 Å². The van der Waals surface area contributed by atoms with Crippen LogP contribution in [0.25, 0.3) is 11.3 Å². The van der Waals surface area contributed by atoms with E-state index in [4.69, 9.17) is 32.9 Å². The van der Waals surface area contributed by atoms with E-state index in [-0.39, 0.29) is 11.4 Å². The van der Waals surface area contributed by atoms with Crippen molar-refractivity contribution in [2.75, 3.05) is 12.8 Å². The number of halogens is 1. The molecule has 0 fully saturated rings. The Kier molecular flexibility index (Phi) is 7.60. The van der Waals surface area contributed by atoms with Gasteiger partial charge in [-0.05, 0) is 36.8 Å². The van der Waals surface area contributed by atoms with Crippen LogP contribution in [-0.2, 0) is 12.0 Å².